The molecule has 1 aromatic heterocycles. The van der Waals surface area contributed by atoms with Gasteiger partial charge in [0.25, 0.3) is 0 Å². The van der Waals surface area contributed by atoms with E-state index in [1.54, 1.807) is 4.90 Å². The zero-order chi connectivity index (χ0) is 22.1. The Morgan fingerprint density at radius 2 is 1.77 bits per heavy atom. The number of anilines is 1. The zero-order valence-electron chi connectivity index (χ0n) is 18.3. The standard InChI is InChI=1S/C25H27N3O2S/c1-15(2)14-30-20-11-9-19(10-12-20)28-13-21(29)22(24(28)26)25-27-23(17(4)31-25)18-7-5-16(3)6-8-18/h5-12,15,26,29H,13-14H2,1-4H3. The van der Waals surface area contributed by atoms with Crippen molar-refractivity contribution in [2.75, 3.05) is 18.1 Å². The van der Waals surface area contributed by atoms with Crippen molar-refractivity contribution in [3.8, 4) is 17.0 Å². The number of amidine groups is 1. The molecule has 0 saturated carbocycles. The largest absolute Gasteiger partial charge is 0.510 e. The number of rotatable bonds is 6. The van der Waals surface area contributed by atoms with Crippen LogP contribution < -0.4 is 9.64 Å². The zero-order valence-corrected chi connectivity index (χ0v) is 19.1. The van der Waals surface area contributed by atoms with Crippen LogP contribution in [0.3, 0.4) is 0 Å². The van der Waals surface area contributed by atoms with E-state index in [9.17, 15) is 5.11 Å². The van der Waals surface area contributed by atoms with E-state index in [0.717, 1.165) is 27.6 Å². The quantitative estimate of drug-likeness (QED) is 0.484. The van der Waals surface area contributed by atoms with Gasteiger partial charge in [-0.05, 0) is 44.0 Å². The molecule has 3 aromatic rings. The van der Waals surface area contributed by atoms with Gasteiger partial charge in [-0.2, -0.15) is 0 Å². The van der Waals surface area contributed by atoms with Crippen molar-refractivity contribution in [2.24, 2.45) is 5.92 Å². The summed E-state index contributed by atoms with van der Waals surface area (Å²) in [6.45, 7) is 9.24. The Kier molecular flexibility index (Phi) is 5.83. The molecule has 0 amide bonds. The summed E-state index contributed by atoms with van der Waals surface area (Å²) in [7, 11) is 0. The molecule has 0 bridgehead atoms. The van der Waals surface area contributed by atoms with E-state index in [2.05, 4.69) is 45.0 Å². The maximum Gasteiger partial charge on any atom is 0.139 e. The van der Waals surface area contributed by atoms with Crippen LogP contribution in [0.15, 0.2) is 54.3 Å². The van der Waals surface area contributed by atoms with Crippen molar-refractivity contribution in [1.29, 1.82) is 5.41 Å². The van der Waals surface area contributed by atoms with Gasteiger partial charge in [-0.3, -0.25) is 5.41 Å². The highest BCUT2D eigenvalue weighted by atomic mass is 32.1. The third-order valence-electron chi connectivity index (χ3n) is 5.17. The highest BCUT2D eigenvalue weighted by Crippen LogP contribution is 2.37. The number of benzene rings is 2. The van der Waals surface area contributed by atoms with Crippen molar-refractivity contribution in [3.05, 3.63) is 69.7 Å². The van der Waals surface area contributed by atoms with Crippen LogP contribution in [0.5, 0.6) is 5.75 Å². The molecule has 0 spiro atoms. The van der Waals surface area contributed by atoms with E-state index in [1.807, 2.05) is 31.2 Å². The summed E-state index contributed by atoms with van der Waals surface area (Å²) in [4.78, 5) is 7.65. The molecule has 0 saturated heterocycles. The first-order valence-corrected chi connectivity index (χ1v) is 11.2. The summed E-state index contributed by atoms with van der Waals surface area (Å²) in [6, 6.07) is 15.9. The van der Waals surface area contributed by atoms with Crippen LogP contribution in [-0.4, -0.2) is 29.1 Å². The topological polar surface area (TPSA) is 69.4 Å². The number of hydrogen-bond donors (Lipinski definition) is 2. The van der Waals surface area contributed by atoms with E-state index in [4.69, 9.17) is 15.1 Å². The molecule has 0 unspecified atom stereocenters. The predicted octanol–water partition coefficient (Wildman–Crippen LogP) is 6.23. The molecule has 2 aromatic carbocycles. The predicted molar refractivity (Wildman–Crippen MR) is 128 cm³/mol. The average molecular weight is 434 g/mol. The minimum absolute atomic E-state index is 0.175. The molecule has 2 N–H and O–H groups in total. The number of nitrogens with zero attached hydrogens (tertiary/aromatic N) is 2. The lowest BCUT2D eigenvalue weighted by Crippen LogP contribution is -2.25. The molecule has 0 radical (unpaired) electrons. The first kappa shape index (κ1) is 21.1. The lowest BCUT2D eigenvalue weighted by molar-refractivity contribution is 0.271. The van der Waals surface area contributed by atoms with E-state index in [1.165, 1.54) is 16.9 Å². The number of thiazole rings is 1. The molecule has 160 valence electrons. The molecule has 1 aliphatic heterocycles. The van der Waals surface area contributed by atoms with Gasteiger partial charge in [-0.15, -0.1) is 11.3 Å². The molecule has 0 aliphatic carbocycles. The molecule has 4 rings (SSSR count). The van der Waals surface area contributed by atoms with Crippen LogP contribution in [0.1, 0.15) is 29.3 Å². The Labute approximate surface area is 187 Å². The average Bonchev–Trinajstić information content (AvgIpc) is 3.26. The maximum atomic E-state index is 10.7. The van der Waals surface area contributed by atoms with Gasteiger partial charge >= 0.3 is 0 Å². The van der Waals surface area contributed by atoms with E-state index in [0.29, 0.717) is 23.1 Å². The maximum absolute atomic E-state index is 10.7. The Morgan fingerprint density at radius 3 is 2.42 bits per heavy atom. The van der Waals surface area contributed by atoms with E-state index in [-0.39, 0.29) is 18.1 Å². The van der Waals surface area contributed by atoms with Gasteiger partial charge in [0.1, 0.15) is 22.4 Å². The Hall–Kier alpha value is -3.12. The van der Waals surface area contributed by atoms with Gasteiger partial charge in [-0.25, -0.2) is 4.98 Å². The van der Waals surface area contributed by atoms with Crippen molar-refractivity contribution in [2.45, 2.75) is 27.7 Å². The summed E-state index contributed by atoms with van der Waals surface area (Å²) < 4.78 is 5.75. The lowest BCUT2D eigenvalue weighted by Gasteiger charge is -2.19. The van der Waals surface area contributed by atoms with Gasteiger partial charge < -0.3 is 14.7 Å². The number of aliphatic hydroxyl groups is 1. The minimum Gasteiger partial charge on any atom is -0.510 e. The monoisotopic (exact) mass is 433 g/mol. The molecule has 2 heterocycles. The third kappa shape index (κ3) is 4.35. The molecule has 0 atom stereocenters. The summed E-state index contributed by atoms with van der Waals surface area (Å²) in [5, 5.41) is 20.1. The van der Waals surface area contributed by atoms with Crippen LogP contribution in [-0.2, 0) is 0 Å². The highest BCUT2D eigenvalue weighted by molar-refractivity contribution is 7.13. The molecule has 6 heteroatoms. The Bertz CT molecular complexity index is 1130. The number of aryl methyl sites for hydroxylation is 2. The molecule has 5 nitrogen and oxygen atoms in total. The summed E-state index contributed by atoms with van der Waals surface area (Å²) >= 11 is 1.51. The van der Waals surface area contributed by atoms with Gasteiger partial charge in [0.2, 0.25) is 0 Å². The molecular weight excluding hydrogens is 406 g/mol. The number of nitrogens with one attached hydrogen (secondary N) is 1. The fourth-order valence-corrected chi connectivity index (χ4v) is 4.50. The van der Waals surface area contributed by atoms with Crippen molar-refractivity contribution in [3.63, 3.8) is 0 Å². The molecule has 0 fully saturated rings. The van der Waals surface area contributed by atoms with Gasteiger partial charge in [0, 0.05) is 16.1 Å². The normalized spacial score (nSPS) is 14.1. The van der Waals surface area contributed by atoms with Crippen molar-refractivity contribution >= 4 is 28.4 Å². The fourth-order valence-electron chi connectivity index (χ4n) is 3.49. The molecule has 1 aliphatic rings. The number of aromatic nitrogens is 1. The SMILES string of the molecule is Cc1ccc(-c2nc(C3=C(O)CN(c4ccc(OCC(C)C)cc4)C3=N)sc2C)cc1. The highest BCUT2D eigenvalue weighted by Gasteiger charge is 2.31. The van der Waals surface area contributed by atoms with Crippen LogP contribution in [0, 0.1) is 25.2 Å². The van der Waals surface area contributed by atoms with Crippen LogP contribution in [0.25, 0.3) is 16.8 Å². The van der Waals surface area contributed by atoms with Gasteiger partial charge in [0.05, 0.1) is 24.4 Å². The number of ether oxygens (including phenoxy) is 1. The van der Waals surface area contributed by atoms with Gasteiger partial charge in [0.15, 0.2) is 0 Å². The summed E-state index contributed by atoms with van der Waals surface area (Å²) in [5.74, 6) is 1.70. The van der Waals surface area contributed by atoms with Gasteiger partial charge in [-0.1, -0.05) is 43.7 Å². The van der Waals surface area contributed by atoms with Crippen LogP contribution in [0.4, 0.5) is 5.69 Å². The second kappa shape index (κ2) is 8.55. The van der Waals surface area contributed by atoms with Crippen molar-refractivity contribution < 1.29 is 9.84 Å². The van der Waals surface area contributed by atoms with Crippen LogP contribution >= 0.6 is 11.3 Å². The fraction of sp³-hybridized carbons (Fsp3) is 0.280. The molecular formula is C25H27N3O2S. The third-order valence-corrected chi connectivity index (χ3v) is 6.16. The van der Waals surface area contributed by atoms with E-state index < -0.39 is 0 Å². The lowest BCUT2D eigenvalue weighted by atomic mass is 10.1. The Balaban J connectivity index is 1.56. The minimum atomic E-state index is 0.175. The Morgan fingerprint density at radius 1 is 1.10 bits per heavy atom. The smallest absolute Gasteiger partial charge is 0.139 e. The number of hydrogen-bond acceptors (Lipinski definition) is 5. The first-order chi connectivity index (χ1) is 14.8. The van der Waals surface area contributed by atoms with E-state index >= 15 is 0 Å². The molecule has 31 heavy (non-hydrogen) atoms. The first-order valence-electron chi connectivity index (χ1n) is 10.4. The number of aliphatic hydroxyl groups excluding tert-OH is 1. The second-order valence-corrected chi connectivity index (χ2v) is 9.45. The van der Waals surface area contributed by atoms with Crippen LogP contribution in [0.2, 0.25) is 0 Å². The summed E-state index contributed by atoms with van der Waals surface area (Å²) in [5.41, 5.74) is 4.50. The second-order valence-electron chi connectivity index (χ2n) is 8.25. The summed E-state index contributed by atoms with van der Waals surface area (Å²) in [6.07, 6.45) is 0. The van der Waals surface area contributed by atoms with Crippen molar-refractivity contribution in [1.82, 2.24) is 4.98 Å².